The molecule has 0 heterocycles. The normalized spacial score (nSPS) is 12.1. The summed E-state index contributed by atoms with van der Waals surface area (Å²) in [6.07, 6.45) is 7.79. The predicted molar refractivity (Wildman–Crippen MR) is 78.0 cm³/mol. The third kappa shape index (κ3) is 6.80. The quantitative estimate of drug-likeness (QED) is 0.617. The summed E-state index contributed by atoms with van der Waals surface area (Å²) in [5.41, 5.74) is 2.04. The van der Waals surface area contributed by atoms with E-state index in [0.29, 0.717) is 0 Å². The van der Waals surface area contributed by atoms with Gasteiger partial charge in [0.2, 0.25) is 0 Å². The van der Waals surface area contributed by atoms with Crippen LogP contribution in [0.25, 0.3) is 0 Å². The van der Waals surface area contributed by atoms with Crippen LogP contribution in [0.5, 0.6) is 0 Å². The Bertz CT molecular complexity index is 283. The topological polar surface area (TPSA) is 15.3 Å². The lowest BCUT2D eigenvalue weighted by atomic mass is 10.1. The van der Waals surface area contributed by atoms with Crippen molar-refractivity contribution < 1.29 is 0 Å². The van der Waals surface area contributed by atoms with Crippen LogP contribution in [0.15, 0.2) is 48.7 Å². The van der Waals surface area contributed by atoms with Crippen molar-refractivity contribution >= 4 is 0 Å². The molecular weight excluding hydrogens is 208 g/mol. The summed E-state index contributed by atoms with van der Waals surface area (Å²) in [5, 5.41) is 3.35. The van der Waals surface area contributed by atoms with Gasteiger partial charge in [-0.1, -0.05) is 51.3 Å². The maximum Gasteiger partial charge on any atom is 0.0341 e. The predicted octanol–water partition coefficient (Wildman–Crippen LogP) is 3.12. The van der Waals surface area contributed by atoms with Gasteiger partial charge in [-0.05, 0) is 25.6 Å². The lowest BCUT2D eigenvalue weighted by Crippen LogP contribution is -2.31. The molecule has 0 spiro atoms. The molecule has 0 bridgehead atoms. The lowest BCUT2D eigenvalue weighted by Gasteiger charge is -2.19. The summed E-state index contributed by atoms with van der Waals surface area (Å²) < 4.78 is 0. The van der Waals surface area contributed by atoms with Crippen molar-refractivity contribution in [3.8, 4) is 0 Å². The van der Waals surface area contributed by atoms with E-state index < -0.39 is 0 Å². The third-order valence-corrected chi connectivity index (χ3v) is 2.65. The van der Waals surface area contributed by atoms with Gasteiger partial charge in [0.1, 0.15) is 0 Å². The SMILES string of the molecule is C=C/C=C(\C=C/C)C(=C)NCCN(CC)CC. The Morgan fingerprint density at radius 2 is 1.94 bits per heavy atom. The molecule has 0 rings (SSSR count). The molecule has 0 saturated heterocycles. The monoisotopic (exact) mass is 234 g/mol. The molecule has 0 fully saturated rings. The van der Waals surface area contributed by atoms with Crippen LogP contribution in [0.3, 0.4) is 0 Å². The fourth-order valence-corrected chi connectivity index (χ4v) is 1.57. The average molecular weight is 234 g/mol. The van der Waals surface area contributed by atoms with Crippen molar-refractivity contribution in [3.63, 3.8) is 0 Å². The molecule has 0 amide bonds. The number of likely N-dealkylation sites (N-methyl/N-ethyl adjacent to an activating group) is 1. The highest BCUT2D eigenvalue weighted by Gasteiger charge is 2.00. The minimum atomic E-state index is 0.923. The molecule has 0 aliphatic heterocycles. The molecule has 0 aromatic heterocycles. The van der Waals surface area contributed by atoms with Crippen LogP contribution in [0.2, 0.25) is 0 Å². The number of allylic oxidation sites excluding steroid dienone is 4. The maximum atomic E-state index is 4.04. The standard InChI is InChI=1S/C15H26N2/c1-6-10-15(11-7-2)14(5)16-12-13-17(8-3)9-4/h6-7,10-11,16H,1,5,8-9,12-13H2,2-4H3/b11-7-,15-10+. The Balaban J connectivity index is 4.15. The van der Waals surface area contributed by atoms with Gasteiger partial charge >= 0.3 is 0 Å². The van der Waals surface area contributed by atoms with Gasteiger partial charge in [0.05, 0.1) is 0 Å². The highest BCUT2D eigenvalue weighted by molar-refractivity contribution is 5.38. The van der Waals surface area contributed by atoms with Crippen molar-refractivity contribution in [2.75, 3.05) is 26.2 Å². The second-order valence-electron chi connectivity index (χ2n) is 3.79. The molecule has 0 saturated carbocycles. The van der Waals surface area contributed by atoms with E-state index in [1.54, 1.807) is 6.08 Å². The highest BCUT2D eigenvalue weighted by Crippen LogP contribution is 2.06. The summed E-state index contributed by atoms with van der Waals surface area (Å²) in [5.74, 6) is 0. The summed E-state index contributed by atoms with van der Waals surface area (Å²) in [6.45, 7) is 18.3. The molecule has 0 aliphatic rings. The average Bonchev–Trinajstić information content (AvgIpc) is 2.34. The Hall–Kier alpha value is -1.28. The van der Waals surface area contributed by atoms with Gasteiger partial charge in [0.25, 0.3) is 0 Å². The van der Waals surface area contributed by atoms with E-state index in [1.807, 2.05) is 25.2 Å². The van der Waals surface area contributed by atoms with Gasteiger partial charge in [-0.3, -0.25) is 0 Å². The zero-order valence-electron chi connectivity index (χ0n) is 11.5. The first-order valence-electron chi connectivity index (χ1n) is 6.30. The minimum Gasteiger partial charge on any atom is -0.384 e. The van der Waals surface area contributed by atoms with E-state index in [1.165, 1.54) is 0 Å². The van der Waals surface area contributed by atoms with E-state index in [2.05, 4.69) is 37.2 Å². The van der Waals surface area contributed by atoms with E-state index >= 15 is 0 Å². The fraction of sp³-hybridized carbons (Fsp3) is 0.467. The van der Waals surface area contributed by atoms with Crippen molar-refractivity contribution in [2.24, 2.45) is 0 Å². The van der Waals surface area contributed by atoms with Crippen LogP contribution in [-0.2, 0) is 0 Å². The molecule has 0 unspecified atom stereocenters. The Morgan fingerprint density at radius 1 is 1.29 bits per heavy atom. The molecule has 2 nitrogen and oxygen atoms in total. The molecule has 2 heteroatoms. The van der Waals surface area contributed by atoms with Gasteiger partial charge in [-0.2, -0.15) is 0 Å². The number of nitrogens with one attached hydrogen (secondary N) is 1. The number of hydrogen-bond donors (Lipinski definition) is 1. The Labute approximate surface area is 106 Å². The van der Waals surface area contributed by atoms with Crippen molar-refractivity contribution in [1.29, 1.82) is 0 Å². The van der Waals surface area contributed by atoms with Crippen LogP contribution in [-0.4, -0.2) is 31.1 Å². The second-order valence-corrected chi connectivity index (χ2v) is 3.79. The zero-order chi connectivity index (χ0) is 13.1. The van der Waals surface area contributed by atoms with Gasteiger partial charge in [-0.25, -0.2) is 0 Å². The summed E-state index contributed by atoms with van der Waals surface area (Å²) in [6, 6.07) is 0. The first-order chi connectivity index (χ1) is 8.19. The van der Waals surface area contributed by atoms with Crippen LogP contribution in [0.1, 0.15) is 20.8 Å². The maximum absolute atomic E-state index is 4.04. The highest BCUT2D eigenvalue weighted by atomic mass is 15.1. The lowest BCUT2D eigenvalue weighted by molar-refractivity contribution is 0.306. The molecule has 0 radical (unpaired) electrons. The molecule has 0 aromatic carbocycles. The summed E-state index contributed by atoms with van der Waals surface area (Å²) >= 11 is 0. The first kappa shape index (κ1) is 15.7. The number of hydrogen-bond acceptors (Lipinski definition) is 2. The van der Waals surface area contributed by atoms with E-state index in [0.717, 1.165) is 37.4 Å². The molecule has 96 valence electrons. The van der Waals surface area contributed by atoms with Crippen LogP contribution in [0, 0.1) is 0 Å². The van der Waals surface area contributed by atoms with Crippen LogP contribution < -0.4 is 5.32 Å². The molecular formula is C15H26N2. The summed E-state index contributed by atoms with van der Waals surface area (Å²) in [4.78, 5) is 2.38. The van der Waals surface area contributed by atoms with E-state index in [9.17, 15) is 0 Å². The molecule has 0 aliphatic carbocycles. The van der Waals surface area contributed by atoms with Gasteiger partial charge in [-0.15, -0.1) is 0 Å². The second kappa shape index (κ2) is 9.91. The Morgan fingerprint density at radius 3 is 2.41 bits per heavy atom. The number of rotatable bonds is 9. The van der Waals surface area contributed by atoms with E-state index in [4.69, 9.17) is 0 Å². The fourth-order valence-electron chi connectivity index (χ4n) is 1.57. The largest absolute Gasteiger partial charge is 0.384 e. The van der Waals surface area contributed by atoms with Gasteiger partial charge in [0, 0.05) is 18.8 Å². The number of nitrogens with zero attached hydrogens (tertiary/aromatic N) is 1. The Kier molecular flexibility index (Phi) is 9.17. The van der Waals surface area contributed by atoms with Crippen molar-refractivity contribution in [3.05, 3.63) is 48.7 Å². The minimum absolute atomic E-state index is 0.923. The van der Waals surface area contributed by atoms with Gasteiger partial charge in [0.15, 0.2) is 0 Å². The summed E-state index contributed by atoms with van der Waals surface area (Å²) in [7, 11) is 0. The molecule has 0 atom stereocenters. The zero-order valence-corrected chi connectivity index (χ0v) is 11.5. The third-order valence-electron chi connectivity index (χ3n) is 2.65. The van der Waals surface area contributed by atoms with Crippen LogP contribution in [0.4, 0.5) is 0 Å². The smallest absolute Gasteiger partial charge is 0.0341 e. The van der Waals surface area contributed by atoms with Crippen molar-refractivity contribution in [1.82, 2.24) is 10.2 Å². The van der Waals surface area contributed by atoms with Crippen LogP contribution >= 0.6 is 0 Å². The first-order valence-corrected chi connectivity index (χ1v) is 6.30. The molecule has 0 aromatic rings. The van der Waals surface area contributed by atoms with Gasteiger partial charge < -0.3 is 10.2 Å². The molecule has 1 N–H and O–H groups in total. The van der Waals surface area contributed by atoms with E-state index in [-0.39, 0.29) is 0 Å². The van der Waals surface area contributed by atoms with Crippen molar-refractivity contribution in [2.45, 2.75) is 20.8 Å². The molecule has 17 heavy (non-hydrogen) atoms.